The Morgan fingerprint density at radius 3 is 2.45 bits per heavy atom. The van der Waals surface area contributed by atoms with Crippen molar-refractivity contribution in [3.63, 3.8) is 0 Å². The van der Waals surface area contributed by atoms with Crippen LogP contribution in [0.25, 0.3) is 0 Å². The van der Waals surface area contributed by atoms with Gasteiger partial charge in [0.25, 0.3) is 0 Å². The van der Waals surface area contributed by atoms with Crippen LogP contribution in [0.4, 0.5) is 0 Å². The van der Waals surface area contributed by atoms with E-state index in [1.807, 2.05) is 0 Å². The van der Waals surface area contributed by atoms with E-state index < -0.39 is 11.4 Å². The van der Waals surface area contributed by atoms with Gasteiger partial charge in [0.2, 0.25) is 5.91 Å². The van der Waals surface area contributed by atoms with Crippen molar-refractivity contribution in [2.45, 2.75) is 32.1 Å². The summed E-state index contributed by atoms with van der Waals surface area (Å²) in [5.74, 6) is -0.934. The van der Waals surface area contributed by atoms with Crippen LogP contribution in [-0.2, 0) is 9.59 Å². The molecule has 2 aliphatic rings. The van der Waals surface area contributed by atoms with Crippen LogP contribution in [0.5, 0.6) is 0 Å². The highest BCUT2D eigenvalue weighted by molar-refractivity contribution is 5.85. The molecule has 1 saturated heterocycles. The lowest BCUT2D eigenvalue weighted by molar-refractivity contribution is -0.151. The van der Waals surface area contributed by atoms with Gasteiger partial charge in [-0.1, -0.05) is 12.8 Å². The van der Waals surface area contributed by atoms with Gasteiger partial charge in [-0.2, -0.15) is 0 Å². The van der Waals surface area contributed by atoms with Crippen LogP contribution in [0.2, 0.25) is 0 Å². The minimum atomic E-state index is -0.813. The van der Waals surface area contributed by atoms with Crippen molar-refractivity contribution in [3.05, 3.63) is 0 Å². The summed E-state index contributed by atoms with van der Waals surface area (Å²) in [6.45, 7) is 5.46. The molecule has 0 aromatic heterocycles. The van der Waals surface area contributed by atoms with E-state index in [0.717, 1.165) is 45.6 Å². The first-order chi connectivity index (χ1) is 9.62. The smallest absolute Gasteiger partial charge is 0.310 e. The third kappa shape index (κ3) is 3.93. The lowest BCUT2D eigenvalue weighted by Crippen LogP contribution is -2.46. The highest BCUT2D eigenvalue weighted by Gasteiger charge is 2.42. The van der Waals surface area contributed by atoms with E-state index in [1.165, 1.54) is 0 Å². The molecule has 1 heterocycles. The Labute approximate surface area is 119 Å². The lowest BCUT2D eigenvalue weighted by atomic mass is 9.82. The Morgan fingerprint density at radius 2 is 1.85 bits per heavy atom. The molecule has 0 spiro atoms. The van der Waals surface area contributed by atoms with Crippen molar-refractivity contribution in [1.29, 1.82) is 0 Å². The minimum absolute atomic E-state index is 0.121. The first kappa shape index (κ1) is 15.3. The van der Waals surface area contributed by atoms with Crippen molar-refractivity contribution in [2.75, 3.05) is 39.3 Å². The zero-order valence-corrected chi connectivity index (χ0v) is 12.0. The van der Waals surface area contributed by atoms with E-state index in [-0.39, 0.29) is 12.3 Å². The van der Waals surface area contributed by atoms with E-state index in [0.29, 0.717) is 19.4 Å². The highest BCUT2D eigenvalue weighted by atomic mass is 16.4. The zero-order chi connectivity index (χ0) is 14.4. The monoisotopic (exact) mass is 283 g/mol. The summed E-state index contributed by atoms with van der Waals surface area (Å²) in [6.07, 6.45) is 3.23. The predicted molar refractivity (Wildman–Crippen MR) is 75.5 cm³/mol. The number of rotatable bonds is 6. The largest absolute Gasteiger partial charge is 0.481 e. The number of piperazine rings is 1. The zero-order valence-electron chi connectivity index (χ0n) is 12.0. The topological polar surface area (TPSA) is 81.7 Å². The Balaban J connectivity index is 1.70. The number of aliphatic carboxylic acids is 1. The lowest BCUT2D eigenvalue weighted by Gasteiger charge is -2.27. The van der Waals surface area contributed by atoms with Crippen molar-refractivity contribution in [2.24, 2.45) is 5.41 Å². The van der Waals surface area contributed by atoms with E-state index in [4.69, 9.17) is 0 Å². The molecule has 0 bridgehead atoms. The van der Waals surface area contributed by atoms with Crippen molar-refractivity contribution >= 4 is 11.9 Å². The second-order valence-corrected chi connectivity index (χ2v) is 5.91. The van der Waals surface area contributed by atoms with Crippen LogP contribution in [0.3, 0.4) is 0 Å². The van der Waals surface area contributed by atoms with Crippen molar-refractivity contribution in [3.8, 4) is 0 Å². The van der Waals surface area contributed by atoms with E-state index in [1.54, 1.807) is 0 Å². The fraction of sp³-hybridized carbons (Fsp3) is 0.857. The molecule has 6 heteroatoms. The minimum Gasteiger partial charge on any atom is -0.481 e. The van der Waals surface area contributed by atoms with Gasteiger partial charge in [0, 0.05) is 45.7 Å². The van der Waals surface area contributed by atoms with Gasteiger partial charge in [-0.05, 0) is 12.8 Å². The fourth-order valence-corrected chi connectivity index (χ4v) is 3.18. The molecule has 3 N–H and O–H groups in total. The van der Waals surface area contributed by atoms with Gasteiger partial charge in [0.15, 0.2) is 0 Å². The molecule has 6 nitrogen and oxygen atoms in total. The molecule has 1 saturated carbocycles. The number of carbonyl (C=O) groups excluding carboxylic acids is 1. The standard InChI is InChI=1S/C14H25N3O3/c18-12(11-14(13(19)20)3-1-2-4-14)16-7-10-17-8-5-15-6-9-17/h15H,1-11H2,(H,16,18)(H,19,20). The summed E-state index contributed by atoms with van der Waals surface area (Å²) in [6, 6.07) is 0. The average molecular weight is 283 g/mol. The number of nitrogens with zero attached hydrogens (tertiary/aromatic N) is 1. The van der Waals surface area contributed by atoms with Gasteiger partial charge in [0.1, 0.15) is 0 Å². The predicted octanol–water partition coefficient (Wildman–Crippen LogP) is 0.0429. The van der Waals surface area contributed by atoms with Crippen LogP contribution >= 0.6 is 0 Å². The number of carbonyl (C=O) groups is 2. The molecule has 2 fully saturated rings. The van der Waals surface area contributed by atoms with Crippen molar-refractivity contribution in [1.82, 2.24) is 15.5 Å². The van der Waals surface area contributed by atoms with Crippen LogP contribution in [-0.4, -0.2) is 61.2 Å². The summed E-state index contributed by atoms with van der Waals surface area (Å²) in [5, 5.41) is 15.5. The normalized spacial score (nSPS) is 22.6. The molecule has 0 radical (unpaired) electrons. The maximum absolute atomic E-state index is 11.9. The molecule has 1 amide bonds. The van der Waals surface area contributed by atoms with Crippen LogP contribution in [0.15, 0.2) is 0 Å². The van der Waals surface area contributed by atoms with E-state index >= 15 is 0 Å². The van der Waals surface area contributed by atoms with Gasteiger partial charge < -0.3 is 15.7 Å². The number of hydrogen-bond acceptors (Lipinski definition) is 4. The van der Waals surface area contributed by atoms with Crippen LogP contribution < -0.4 is 10.6 Å². The third-order valence-corrected chi connectivity index (χ3v) is 4.47. The summed E-state index contributed by atoms with van der Waals surface area (Å²) in [5.41, 5.74) is -0.806. The Bertz CT molecular complexity index is 348. The number of amides is 1. The molecule has 0 unspecified atom stereocenters. The summed E-state index contributed by atoms with van der Waals surface area (Å²) in [7, 11) is 0. The second kappa shape index (κ2) is 7.04. The van der Waals surface area contributed by atoms with E-state index in [9.17, 15) is 14.7 Å². The van der Waals surface area contributed by atoms with E-state index in [2.05, 4.69) is 15.5 Å². The quantitative estimate of drug-likeness (QED) is 0.641. The molecular formula is C14H25N3O3. The second-order valence-electron chi connectivity index (χ2n) is 5.91. The first-order valence-electron chi connectivity index (χ1n) is 7.56. The van der Waals surface area contributed by atoms with Crippen LogP contribution in [0.1, 0.15) is 32.1 Å². The SMILES string of the molecule is O=C(CC1(C(=O)O)CCCC1)NCCN1CCNCC1. The average Bonchev–Trinajstić information content (AvgIpc) is 2.90. The Hall–Kier alpha value is -1.14. The molecule has 1 aliphatic carbocycles. The van der Waals surface area contributed by atoms with Gasteiger partial charge in [0.05, 0.1) is 5.41 Å². The molecule has 0 aromatic rings. The van der Waals surface area contributed by atoms with Gasteiger partial charge >= 0.3 is 5.97 Å². The number of carboxylic acid groups (broad SMARTS) is 1. The molecule has 20 heavy (non-hydrogen) atoms. The first-order valence-corrected chi connectivity index (χ1v) is 7.56. The molecular weight excluding hydrogens is 258 g/mol. The molecule has 0 aromatic carbocycles. The number of carboxylic acids is 1. The molecule has 1 aliphatic heterocycles. The van der Waals surface area contributed by atoms with Gasteiger partial charge in [-0.15, -0.1) is 0 Å². The summed E-state index contributed by atoms with van der Waals surface area (Å²) in [4.78, 5) is 25.6. The number of nitrogens with one attached hydrogen (secondary N) is 2. The number of hydrogen-bond donors (Lipinski definition) is 3. The maximum Gasteiger partial charge on any atom is 0.310 e. The fourth-order valence-electron chi connectivity index (χ4n) is 3.18. The highest BCUT2D eigenvalue weighted by Crippen LogP contribution is 2.41. The summed E-state index contributed by atoms with van der Waals surface area (Å²) < 4.78 is 0. The van der Waals surface area contributed by atoms with Gasteiger partial charge in [-0.3, -0.25) is 14.5 Å². The molecule has 0 atom stereocenters. The van der Waals surface area contributed by atoms with Crippen molar-refractivity contribution < 1.29 is 14.7 Å². The molecule has 2 rings (SSSR count). The van der Waals surface area contributed by atoms with Gasteiger partial charge in [-0.25, -0.2) is 0 Å². The molecule has 114 valence electrons. The Morgan fingerprint density at radius 1 is 1.20 bits per heavy atom. The Kier molecular flexibility index (Phi) is 5.37. The third-order valence-electron chi connectivity index (χ3n) is 4.47. The van der Waals surface area contributed by atoms with Crippen LogP contribution in [0, 0.1) is 5.41 Å². The maximum atomic E-state index is 11.9. The summed E-state index contributed by atoms with van der Waals surface area (Å²) >= 11 is 0.